The molecule has 0 atom stereocenters. The number of rotatable bonds is 0. The molecule has 0 aromatic heterocycles. The Morgan fingerprint density at radius 2 is 2.50 bits per heavy atom. The van der Waals surface area contributed by atoms with Crippen LogP contribution < -0.4 is 0 Å². The zero-order valence-electron chi connectivity index (χ0n) is 5.02. The predicted molar refractivity (Wildman–Crippen MR) is 44.0 cm³/mol. The summed E-state index contributed by atoms with van der Waals surface area (Å²) in [6.45, 7) is 4.56. The summed E-state index contributed by atoms with van der Waals surface area (Å²) < 4.78 is 2.31. The van der Waals surface area contributed by atoms with E-state index in [1.807, 2.05) is 0 Å². The van der Waals surface area contributed by atoms with Crippen LogP contribution in [0, 0.1) is 0 Å². The summed E-state index contributed by atoms with van der Waals surface area (Å²) in [5, 5.41) is 0. The van der Waals surface area contributed by atoms with Crippen molar-refractivity contribution in [1.82, 2.24) is 3.11 Å². The standard InChI is InChI=1S/C6H10IN/c1-6-3-2-4-8(7)5-6/h3H,2,4-5H2,1H3. The molecule has 0 N–H and O–H groups in total. The smallest absolute Gasteiger partial charge is 0.0288 e. The van der Waals surface area contributed by atoms with Crippen molar-refractivity contribution >= 4 is 22.9 Å². The lowest BCUT2D eigenvalue weighted by atomic mass is 10.2. The summed E-state index contributed by atoms with van der Waals surface area (Å²) in [6.07, 6.45) is 3.55. The SMILES string of the molecule is CC1=CCCN(I)C1. The van der Waals surface area contributed by atoms with Crippen molar-refractivity contribution < 1.29 is 0 Å². The van der Waals surface area contributed by atoms with Gasteiger partial charge in [0.1, 0.15) is 0 Å². The molecule has 1 aliphatic heterocycles. The number of hydrogen-bond acceptors (Lipinski definition) is 1. The van der Waals surface area contributed by atoms with Gasteiger partial charge in [0.2, 0.25) is 0 Å². The second-order valence-corrected chi connectivity index (χ2v) is 3.55. The average Bonchev–Trinajstić information content (AvgIpc) is 1.64. The molecule has 0 fully saturated rings. The van der Waals surface area contributed by atoms with Crippen molar-refractivity contribution in [1.29, 1.82) is 0 Å². The lowest BCUT2D eigenvalue weighted by Gasteiger charge is -2.17. The topological polar surface area (TPSA) is 3.24 Å². The number of halogens is 1. The molecule has 0 bridgehead atoms. The van der Waals surface area contributed by atoms with E-state index in [9.17, 15) is 0 Å². The zero-order valence-corrected chi connectivity index (χ0v) is 7.18. The fourth-order valence-corrected chi connectivity index (χ4v) is 1.68. The maximum atomic E-state index is 2.36. The molecule has 1 rings (SSSR count). The molecule has 0 aliphatic carbocycles. The highest BCUT2D eigenvalue weighted by atomic mass is 127. The van der Waals surface area contributed by atoms with Gasteiger partial charge in [-0.1, -0.05) is 11.6 Å². The van der Waals surface area contributed by atoms with Gasteiger partial charge in [0, 0.05) is 36.0 Å². The second-order valence-electron chi connectivity index (χ2n) is 2.18. The van der Waals surface area contributed by atoms with E-state index in [1.54, 1.807) is 0 Å². The minimum atomic E-state index is 1.15. The van der Waals surface area contributed by atoms with E-state index in [4.69, 9.17) is 0 Å². The highest BCUT2D eigenvalue weighted by Crippen LogP contribution is 2.11. The zero-order chi connectivity index (χ0) is 5.98. The van der Waals surface area contributed by atoms with Crippen LogP contribution in [0.15, 0.2) is 11.6 Å². The Bertz CT molecular complexity index is 109. The molecule has 2 heteroatoms. The average molecular weight is 223 g/mol. The summed E-state index contributed by atoms with van der Waals surface area (Å²) in [5.41, 5.74) is 1.51. The van der Waals surface area contributed by atoms with E-state index in [0.717, 1.165) is 6.54 Å². The predicted octanol–water partition coefficient (Wildman–Crippen LogP) is 1.99. The second kappa shape index (κ2) is 2.82. The van der Waals surface area contributed by atoms with Gasteiger partial charge in [-0.3, -0.25) is 0 Å². The Balaban J connectivity index is 2.45. The van der Waals surface area contributed by atoms with Crippen LogP contribution >= 0.6 is 22.9 Å². The largest absolute Gasteiger partial charge is 0.243 e. The normalized spacial score (nSPS) is 23.0. The molecule has 1 nitrogen and oxygen atoms in total. The molecule has 46 valence electrons. The molecular weight excluding hydrogens is 213 g/mol. The molecule has 0 saturated heterocycles. The van der Waals surface area contributed by atoms with Crippen LogP contribution in [0.5, 0.6) is 0 Å². The third-order valence-corrected chi connectivity index (χ3v) is 2.11. The van der Waals surface area contributed by atoms with Gasteiger partial charge in [-0.25, -0.2) is 3.11 Å². The third kappa shape index (κ3) is 1.74. The molecular formula is C6H10IN. The quantitative estimate of drug-likeness (QED) is 0.345. The summed E-state index contributed by atoms with van der Waals surface area (Å²) in [5.74, 6) is 0. The van der Waals surface area contributed by atoms with Gasteiger partial charge in [-0.2, -0.15) is 0 Å². The Morgan fingerprint density at radius 3 is 2.88 bits per heavy atom. The van der Waals surface area contributed by atoms with Gasteiger partial charge in [0.05, 0.1) is 0 Å². The van der Waals surface area contributed by atoms with E-state index >= 15 is 0 Å². The highest BCUT2D eigenvalue weighted by molar-refractivity contribution is 14.1. The molecule has 0 spiro atoms. The van der Waals surface area contributed by atoms with Crippen molar-refractivity contribution in [3.05, 3.63) is 11.6 Å². The van der Waals surface area contributed by atoms with Crippen molar-refractivity contribution in [2.75, 3.05) is 13.1 Å². The van der Waals surface area contributed by atoms with Crippen LogP contribution in [-0.4, -0.2) is 16.2 Å². The molecule has 0 saturated carbocycles. The lowest BCUT2D eigenvalue weighted by Crippen LogP contribution is -2.18. The van der Waals surface area contributed by atoms with Crippen molar-refractivity contribution in [3.63, 3.8) is 0 Å². The monoisotopic (exact) mass is 223 g/mol. The molecule has 0 aromatic carbocycles. The van der Waals surface area contributed by atoms with E-state index in [0.29, 0.717) is 0 Å². The van der Waals surface area contributed by atoms with Crippen LogP contribution in [0.2, 0.25) is 0 Å². The van der Waals surface area contributed by atoms with Crippen LogP contribution in [-0.2, 0) is 0 Å². The Labute approximate surface area is 64.2 Å². The molecule has 0 amide bonds. The highest BCUT2D eigenvalue weighted by Gasteiger charge is 2.03. The van der Waals surface area contributed by atoms with Gasteiger partial charge in [-0.05, 0) is 13.3 Å². The van der Waals surface area contributed by atoms with Crippen LogP contribution in [0.25, 0.3) is 0 Å². The van der Waals surface area contributed by atoms with Gasteiger partial charge in [0.25, 0.3) is 0 Å². The molecule has 0 aromatic rings. The molecule has 0 unspecified atom stereocenters. The summed E-state index contributed by atoms with van der Waals surface area (Å²) in [7, 11) is 0. The van der Waals surface area contributed by atoms with Crippen LogP contribution in [0.4, 0.5) is 0 Å². The summed E-state index contributed by atoms with van der Waals surface area (Å²) in [6, 6.07) is 0. The molecule has 1 aliphatic rings. The lowest BCUT2D eigenvalue weighted by molar-refractivity contribution is 0.533. The fourth-order valence-electron chi connectivity index (χ4n) is 0.865. The number of hydrogen-bond donors (Lipinski definition) is 0. The first-order chi connectivity index (χ1) is 3.79. The first kappa shape index (κ1) is 6.55. The van der Waals surface area contributed by atoms with Gasteiger partial charge < -0.3 is 0 Å². The maximum Gasteiger partial charge on any atom is 0.0288 e. The van der Waals surface area contributed by atoms with Crippen molar-refractivity contribution in [2.24, 2.45) is 0 Å². The van der Waals surface area contributed by atoms with Crippen molar-refractivity contribution in [2.45, 2.75) is 13.3 Å². The van der Waals surface area contributed by atoms with Gasteiger partial charge >= 0.3 is 0 Å². The number of nitrogens with zero attached hydrogens (tertiary/aromatic N) is 1. The minimum Gasteiger partial charge on any atom is -0.243 e. The summed E-state index contributed by atoms with van der Waals surface area (Å²) in [4.78, 5) is 0. The fraction of sp³-hybridized carbons (Fsp3) is 0.667. The maximum absolute atomic E-state index is 2.36. The molecule has 1 heterocycles. The third-order valence-electron chi connectivity index (χ3n) is 1.29. The summed E-state index contributed by atoms with van der Waals surface area (Å²) >= 11 is 2.36. The van der Waals surface area contributed by atoms with Gasteiger partial charge in [0.15, 0.2) is 0 Å². The Morgan fingerprint density at radius 1 is 1.75 bits per heavy atom. The van der Waals surface area contributed by atoms with E-state index < -0.39 is 0 Å². The first-order valence-electron chi connectivity index (χ1n) is 2.85. The first-order valence-corrected chi connectivity index (χ1v) is 3.82. The molecule has 0 radical (unpaired) electrons. The van der Waals surface area contributed by atoms with E-state index in [-0.39, 0.29) is 0 Å². The molecule has 8 heavy (non-hydrogen) atoms. The van der Waals surface area contributed by atoms with E-state index in [1.165, 1.54) is 18.5 Å². The van der Waals surface area contributed by atoms with Crippen LogP contribution in [0.3, 0.4) is 0 Å². The van der Waals surface area contributed by atoms with Crippen molar-refractivity contribution in [3.8, 4) is 0 Å². The van der Waals surface area contributed by atoms with Crippen LogP contribution in [0.1, 0.15) is 13.3 Å². The Hall–Kier alpha value is 0.430. The van der Waals surface area contributed by atoms with Gasteiger partial charge in [-0.15, -0.1) is 0 Å². The Kier molecular flexibility index (Phi) is 2.31. The van der Waals surface area contributed by atoms with E-state index in [2.05, 4.69) is 39.0 Å². The minimum absolute atomic E-state index is 1.15.